The van der Waals surface area contributed by atoms with Gasteiger partial charge in [0.1, 0.15) is 0 Å². The van der Waals surface area contributed by atoms with Gasteiger partial charge in [0.25, 0.3) is 0 Å². The van der Waals surface area contributed by atoms with Crippen LogP contribution in [0.1, 0.15) is 39.0 Å². The van der Waals surface area contributed by atoms with Crippen molar-refractivity contribution < 1.29 is 4.79 Å². The molecule has 1 aliphatic carbocycles. The molecule has 0 aromatic carbocycles. The lowest BCUT2D eigenvalue weighted by Crippen LogP contribution is -2.50. The van der Waals surface area contributed by atoms with Gasteiger partial charge in [-0.3, -0.25) is 9.69 Å². The van der Waals surface area contributed by atoms with Gasteiger partial charge in [-0.2, -0.15) is 0 Å². The number of alkyl halides is 1. The van der Waals surface area contributed by atoms with Gasteiger partial charge in [-0.25, -0.2) is 0 Å². The number of carbonyl (C=O) groups is 1. The molecule has 2 aliphatic rings. The van der Waals surface area contributed by atoms with Crippen LogP contribution in [0.15, 0.2) is 0 Å². The first-order chi connectivity index (χ1) is 7.50. The van der Waals surface area contributed by atoms with Gasteiger partial charge in [0, 0.05) is 17.5 Å². The van der Waals surface area contributed by atoms with Crippen LogP contribution in [0.25, 0.3) is 0 Å². The molecule has 3 nitrogen and oxygen atoms in total. The number of rotatable bonds is 2. The maximum absolute atomic E-state index is 12.2. The summed E-state index contributed by atoms with van der Waals surface area (Å²) in [6.45, 7) is 2.97. The molecule has 0 unspecified atom stereocenters. The van der Waals surface area contributed by atoms with Crippen molar-refractivity contribution in [3.8, 4) is 0 Å². The first kappa shape index (κ1) is 12.2. The lowest BCUT2D eigenvalue weighted by atomic mass is 10.00. The van der Waals surface area contributed by atoms with Gasteiger partial charge in [0.05, 0.1) is 6.04 Å². The molecule has 92 valence electrons. The van der Waals surface area contributed by atoms with Crippen LogP contribution in [0.5, 0.6) is 0 Å². The van der Waals surface area contributed by atoms with Crippen LogP contribution in [0.3, 0.4) is 0 Å². The zero-order valence-corrected chi connectivity index (χ0v) is 10.9. The second-order valence-electron chi connectivity index (χ2n) is 5.55. The van der Waals surface area contributed by atoms with Crippen molar-refractivity contribution in [2.45, 2.75) is 56.0 Å². The molecule has 1 amide bonds. The summed E-state index contributed by atoms with van der Waals surface area (Å²) >= 11 is 6.08. The molecule has 1 aliphatic heterocycles. The Bertz CT molecular complexity index is 276. The molecule has 1 N–H and O–H groups in total. The summed E-state index contributed by atoms with van der Waals surface area (Å²) in [5.41, 5.74) is 0.0301. The highest BCUT2D eigenvalue weighted by molar-refractivity contribution is 6.21. The fourth-order valence-corrected chi connectivity index (χ4v) is 3.29. The Hall–Kier alpha value is -0.280. The fraction of sp³-hybridized carbons (Fsp3) is 0.917. The smallest absolute Gasteiger partial charge is 0.237 e. The minimum Gasteiger partial charge on any atom is -0.350 e. The fourth-order valence-electron chi connectivity index (χ4n) is 2.90. The Labute approximate surface area is 103 Å². The van der Waals surface area contributed by atoms with Crippen LogP contribution >= 0.6 is 11.6 Å². The van der Waals surface area contributed by atoms with Gasteiger partial charge in [-0.1, -0.05) is 12.8 Å². The van der Waals surface area contributed by atoms with E-state index in [0.29, 0.717) is 0 Å². The molecular formula is C12H21ClN2O. The van der Waals surface area contributed by atoms with E-state index in [1.54, 1.807) is 0 Å². The van der Waals surface area contributed by atoms with E-state index >= 15 is 0 Å². The third-order valence-corrected chi connectivity index (χ3v) is 4.25. The molecule has 2 atom stereocenters. The number of hydrogen-bond acceptors (Lipinski definition) is 2. The number of likely N-dealkylation sites (tertiary alicyclic amines) is 1. The molecular weight excluding hydrogens is 224 g/mol. The predicted octanol–water partition coefficient (Wildman–Crippen LogP) is 1.75. The Morgan fingerprint density at radius 2 is 2.06 bits per heavy atom. The van der Waals surface area contributed by atoms with Crippen LogP contribution in [-0.4, -0.2) is 41.4 Å². The minimum absolute atomic E-state index is 0.0278. The number of halogens is 1. The van der Waals surface area contributed by atoms with Crippen LogP contribution in [0.4, 0.5) is 0 Å². The lowest BCUT2D eigenvalue weighted by molar-refractivity contribution is -0.126. The zero-order valence-electron chi connectivity index (χ0n) is 10.1. The van der Waals surface area contributed by atoms with Crippen LogP contribution in [0.2, 0.25) is 0 Å². The van der Waals surface area contributed by atoms with Gasteiger partial charge < -0.3 is 5.32 Å². The predicted molar refractivity (Wildman–Crippen MR) is 65.7 cm³/mol. The maximum atomic E-state index is 12.2. The van der Waals surface area contributed by atoms with E-state index in [0.717, 1.165) is 25.8 Å². The van der Waals surface area contributed by atoms with Crippen molar-refractivity contribution in [1.82, 2.24) is 10.2 Å². The van der Waals surface area contributed by atoms with Gasteiger partial charge in [-0.05, 0) is 33.2 Å². The molecule has 1 saturated carbocycles. The maximum Gasteiger partial charge on any atom is 0.237 e. The summed E-state index contributed by atoms with van der Waals surface area (Å²) in [7, 11) is 1.98. The topological polar surface area (TPSA) is 32.3 Å². The molecule has 0 spiro atoms. The van der Waals surface area contributed by atoms with Gasteiger partial charge >= 0.3 is 0 Å². The number of likely N-dealkylation sites (N-methyl/N-ethyl adjacent to an activating group) is 1. The summed E-state index contributed by atoms with van der Waals surface area (Å²) in [6, 6.07) is -0.0278. The molecule has 1 heterocycles. The van der Waals surface area contributed by atoms with E-state index in [9.17, 15) is 4.79 Å². The molecule has 4 heteroatoms. The van der Waals surface area contributed by atoms with Crippen LogP contribution < -0.4 is 5.32 Å². The van der Waals surface area contributed by atoms with E-state index in [1.807, 2.05) is 7.05 Å². The molecule has 2 rings (SSSR count). The van der Waals surface area contributed by atoms with Crippen molar-refractivity contribution >= 4 is 17.5 Å². The molecule has 2 fully saturated rings. The summed E-state index contributed by atoms with van der Waals surface area (Å²) < 4.78 is 0. The monoisotopic (exact) mass is 244 g/mol. The molecule has 16 heavy (non-hydrogen) atoms. The van der Waals surface area contributed by atoms with Crippen molar-refractivity contribution in [2.24, 2.45) is 0 Å². The Morgan fingerprint density at radius 1 is 1.44 bits per heavy atom. The molecule has 0 bridgehead atoms. The highest BCUT2D eigenvalue weighted by Gasteiger charge is 2.37. The molecule has 0 aromatic rings. The first-order valence-corrected chi connectivity index (χ1v) is 6.60. The summed E-state index contributed by atoms with van der Waals surface area (Å²) in [5, 5.41) is 3.33. The summed E-state index contributed by atoms with van der Waals surface area (Å²) in [4.78, 5) is 14.2. The number of carbonyl (C=O) groups excluding carboxylic acids is 1. The quantitative estimate of drug-likeness (QED) is 0.751. The van der Waals surface area contributed by atoms with E-state index in [-0.39, 0.29) is 22.9 Å². The average molecular weight is 245 g/mol. The number of nitrogens with zero attached hydrogens (tertiary/aromatic N) is 1. The summed E-state index contributed by atoms with van der Waals surface area (Å²) in [6.07, 6.45) is 5.46. The zero-order chi connectivity index (χ0) is 11.8. The highest BCUT2D eigenvalue weighted by atomic mass is 35.5. The Morgan fingerprint density at radius 3 is 2.56 bits per heavy atom. The summed E-state index contributed by atoms with van der Waals surface area (Å²) in [5.74, 6) is 0.162. The number of amides is 1. The van der Waals surface area contributed by atoms with Crippen LogP contribution in [0, 0.1) is 0 Å². The highest BCUT2D eigenvalue weighted by Crippen LogP contribution is 2.30. The lowest BCUT2D eigenvalue weighted by Gasteiger charge is -2.28. The minimum atomic E-state index is -0.0278. The Kier molecular flexibility index (Phi) is 3.45. The standard InChI is InChI=1S/C12H21ClN2O/c1-12(5-3-4-6-12)14-11(16)10-7-9(13)8-15(10)2/h9-10H,3-8H2,1-2H3,(H,14,16)/t9-,10-/m0/s1. The largest absolute Gasteiger partial charge is 0.350 e. The normalized spacial score (nSPS) is 34.2. The average Bonchev–Trinajstić information content (AvgIpc) is 2.73. The van der Waals surface area contributed by atoms with Gasteiger partial charge in [0.2, 0.25) is 5.91 Å². The number of nitrogens with one attached hydrogen (secondary N) is 1. The van der Waals surface area contributed by atoms with Crippen molar-refractivity contribution in [2.75, 3.05) is 13.6 Å². The van der Waals surface area contributed by atoms with Crippen LogP contribution in [-0.2, 0) is 4.79 Å². The van der Waals surface area contributed by atoms with Gasteiger partial charge in [-0.15, -0.1) is 11.6 Å². The third-order valence-electron chi connectivity index (χ3n) is 3.93. The first-order valence-electron chi connectivity index (χ1n) is 6.16. The van der Waals surface area contributed by atoms with Crippen molar-refractivity contribution in [3.63, 3.8) is 0 Å². The number of hydrogen-bond donors (Lipinski definition) is 1. The van der Waals surface area contributed by atoms with Crippen molar-refractivity contribution in [3.05, 3.63) is 0 Å². The molecule has 0 radical (unpaired) electrons. The SMILES string of the molecule is CN1C[C@@H](Cl)C[C@H]1C(=O)NC1(C)CCCC1. The third kappa shape index (κ3) is 2.51. The van der Waals surface area contributed by atoms with Gasteiger partial charge in [0.15, 0.2) is 0 Å². The molecule has 0 aromatic heterocycles. The second-order valence-corrected chi connectivity index (χ2v) is 6.16. The van der Waals surface area contributed by atoms with E-state index in [4.69, 9.17) is 11.6 Å². The molecule has 1 saturated heterocycles. The van der Waals surface area contributed by atoms with E-state index in [2.05, 4.69) is 17.1 Å². The Balaban J connectivity index is 1.92. The van der Waals surface area contributed by atoms with E-state index in [1.165, 1.54) is 12.8 Å². The second kappa shape index (κ2) is 4.53. The van der Waals surface area contributed by atoms with Crippen molar-refractivity contribution in [1.29, 1.82) is 0 Å². The van der Waals surface area contributed by atoms with E-state index < -0.39 is 0 Å².